The van der Waals surface area contributed by atoms with Crippen LogP contribution in [0.25, 0.3) is 22.4 Å². The molecule has 0 saturated carbocycles. The first kappa shape index (κ1) is 11.6. The predicted octanol–water partition coefficient (Wildman–Crippen LogP) is 2.74. The molecule has 0 spiro atoms. The highest BCUT2D eigenvalue weighted by Crippen LogP contribution is 2.22. The van der Waals surface area contributed by atoms with Gasteiger partial charge in [0.2, 0.25) is 0 Å². The van der Waals surface area contributed by atoms with Gasteiger partial charge in [0, 0.05) is 18.4 Å². The van der Waals surface area contributed by atoms with Crippen LogP contribution in [0.5, 0.6) is 0 Å². The van der Waals surface area contributed by atoms with Crippen LogP contribution in [-0.2, 0) is 11.2 Å². The largest absolute Gasteiger partial charge is 0.443 e. The fourth-order valence-electron chi connectivity index (χ4n) is 1.95. The molecule has 0 aliphatic carbocycles. The maximum Gasteiger partial charge on any atom is 0.181 e. The Morgan fingerprint density at radius 2 is 2.26 bits per heavy atom. The molecule has 2 heterocycles. The fourth-order valence-corrected chi connectivity index (χ4v) is 1.95. The van der Waals surface area contributed by atoms with E-state index in [1.807, 2.05) is 18.2 Å². The summed E-state index contributed by atoms with van der Waals surface area (Å²) in [4.78, 5) is 22.5. The number of aryl methyl sites for hydroxylation is 1. The summed E-state index contributed by atoms with van der Waals surface area (Å²) in [5, 5.41) is 0. The molecule has 0 radical (unpaired) electrons. The Balaban J connectivity index is 1.86. The first-order valence-electron chi connectivity index (χ1n) is 6.09. The smallest absolute Gasteiger partial charge is 0.181 e. The quantitative estimate of drug-likeness (QED) is 0.778. The van der Waals surface area contributed by atoms with Crippen molar-refractivity contribution in [1.29, 1.82) is 0 Å². The van der Waals surface area contributed by atoms with Gasteiger partial charge in [0.15, 0.2) is 12.0 Å². The highest BCUT2D eigenvalue weighted by atomic mass is 16.3. The number of hydrogen-bond acceptors (Lipinski definition) is 4. The molecule has 3 aromatic rings. The average molecular weight is 255 g/mol. The maximum absolute atomic E-state index is 10.9. The lowest BCUT2D eigenvalue weighted by molar-refractivity contribution is -0.117. The summed E-state index contributed by atoms with van der Waals surface area (Å²) in [6.45, 7) is 1.59. The van der Waals surface area contributed by atoms with Gasteiger partial charge in [-0.15, -0.1) is 0 Å². The zero-order valence-electron chi connectivity index (χ0n) is 10.5. The molecule has 96 valence electrons. The zero-order valence-corrected chi connectivity index (χ0v) is 10.5. The monoisotopic (exact) mass is 255 g/mol. The summed E-state index contributed by atoms with van der Waals surface area (Å²) >= 11 is 0. The van der Waals surface area contributed by atoms with E-state index in [0.717, 1.165) is 28.2 Å². The summed E-state index contributed by atoms with van der Waals surface area (Å²) in [7, 11) is 0. The Hall–Kier alpha value is -2.43. The minimum atomic E-state index is 0.168. The molecule has 3 rings (SSSR count). The van der Waals surface area contributed by atoms with Crippen LogP contribution in [0.2, 0.25) is 0 Å². The molecule has 0 unspecified atom stereocenters. The van der Waals surface area contributed by atoms with Crippen LogP contribution in [0.15, 0.2) is 35.2 Å². The van der Waals surface area contributed by atoms with E-state index in [4.69, 9.17) is 4.42 Å². The van der Waals surface area contributed by atoms with Gasteiger partial charge in [-0.2, -0.15) is 0 Å². The van der Waals surface area contributed by atoms with Crippen LogP contribution in [0.1, 0.15) is 19.2 Å². The third-order valence-electron chi connectivity index (χ3n) is 2.98. The van der Waals surface area contributed by atoms with E-state index in [2.05, 4.69) is 15.0 Å². The Kier molecular flexibility index (Phi) is 2.87. The van der Waals surface area contributed by atoms with Crippen molar-refractivity contribution in [1.82, 2.24) is 15.0 Å². The number of aromatic nitrogens is 3. The Labute approximate surface area is 109 Å². The van der Waals surface area contributed by atoms with Crippen molar-refractivity contribution in [2.24, 2.45) is 0 Å². The Bertz CT molecular complexity index is 727. The summed E-state index contributed by atoms with van der Waals surface area (Å²) in [5.74, 6) is 0.990. The van der Waals surface area contributed by atoms with E-state index in [-0.39, 0.29) is 5.78 Å². The molecule has 0 aliphatic heterocycles. The van der Waals surface area contributed by atoms with Crippen LogP contribution in [0.4, 0.5) is 0 Å². The van der Waals surface area contributed by atoms with Crippen molar-refractivity contribution in [3.8, 4) is 11.3 Å². The summed E-state index contributed by atoms with van der Waals surface area (Å²) in [6, 6.07) is 5.79. The van der Waals surface area contributed by atoms with Crippen LogP contribution in [0, 0.1) is 0 Å². The number of Topliss-reactive ketones (excluding diaryl/α,β-unsaturated/α-hetero) is 1. The number of oxazole rings is 1. The van der Waals surface area contributed by atoms with E-state index in [1.165, 1.54) is 6.39 Å². The summed E-state index contributed by atoms with van der Waals surface area (Å²) < 4.78 is 5.28. The molecule has 19 heavy (non-hydrogen) atoms. The second-order valence-electron chi connectivity index (χ2n) is 4.48. The van der Waals surface area contributed by atoms with Gasteiger partial charge < -0.3 is 14.2 Å². The zero-order chi connectivity index (χ0) is 13.2. The van der Waals surface area contributed by atoms with E-state index >= 15 is 0 Å². The minimum absolute atomic E-state index is 0.168. The number of carbonyl (C=O) groups is 1. The number of nitrogens with one attached hydrogen (secondary N) is 1. The average Bonchev–Trinajstić information content (AvgIpc) is 3.04. The van der Waals surface area contributed by atoms with E-state index in [1.54, 1.807) is 13.1 Å². The molecule has 0 fully saturated rings. The fraction of sp³-hybridized carbons (Fsp3) is 0.214. The van der Waals surface area contributed by atoms with Crippen molar-refractivity contribution in [3.05, 3.63) is 36.6 Å². The molecule has 0 atom stereocenters. The topological polar surface area (TPSA) is 71.8 Å². The number of fused-ring (bicyclic) bond motifs is 1. The molecule has 0 bridgehead atoms. The number of aromatic amines is 1. The number of carbonyl (C=O) groups excluding carboxylic acids is 1. The van der Waals surface area contributed by atoms with Crippen molar-refractivity contribution in [2.75, 3.05) is 0 Å². The third-order valence-corrected chi connectivity index (χ3v) is 2.98. The van der Waals surface area contributed by atoms with Gasteiger partial charge >= 0.3 is 0 Å². The molecule has 5 nitrogen and oxygen atoms in total. The van der Waals surface area contributed by atoms with Crippen molar-refractivity contribution in [3.63, 3.8) is 0 Å². The van der Waals surface area contributed by atoms with Crippen LogP contribution in [-0.4, -0.2) is 20.7 Å². The molecule has 0 saturated heterocycles. The highest BCUT2D eigenvalue weighted by molar-refractivity contribution is 5.79. The Morgan fingerprint density at radius 3 is 3.11 bits per heavy atom. The lowest BCUT2D eigenvalue weighted by Gasteiger charge is -1.97. The number of hydrogen-bond donors (Lipinski definition) is 1. The minimum Gasteiger partial charge on any atom is -0.443 e. The van der Waals surface area contributed by atoms with Gasteiger partial charge in [0.25, 0.3) is 0 Å². The second kappa shape index (κ2) is 4.68. The van der Waals surface area contributed by atoms with Crippen molar-refractivity contribution < 1.29 is 9.21 Å². The Morgan fingerprint density at radius 1 is 1.37 bits per heavy atom. The number of ketones is 1. The standard InChI is InChI=1S/C14H13N3O2/c1-9(18)2-5-14-15-7-12(17-14)10-3-4-11-13(6-10)19-8-16-11/h3-4,6-8H,2,5H2,1H3,(H,15,17). The van der Waals surface area contributed by atoms with Gasteiger partial charge in [-0.05, 0) is 19.1 Å². The van der Waals surface area contributed by atoms with Crippen molar-refractivity contribution in [2.45, 2.75) is 19.8 Å². The second-order valence-corrected chi connectivity index (χ2v) is 4.48. The maximum atomic E-state index is 10.9. The van der Waals surface area contributed by atoms with Crippen molar-refractivity contribution >= 4 is 16.9 Å². The predicted molar refractivity (Wildman–Crippen MR) is 70.6 cm³/mol. The van der Waals surface area contributed by atoms with Gasteiger partial charge in [-0.1, -0.05) is 6.07 Å². The van der Waals surface area contributed by atoms with Crippen LogP contribution < -0.4 is 0 Å². The van der Waals surface area contributed by atoms with Gasteiger partial charge in [0.1, 0.15) is 17.1 Å². The number of rotatable bonds is 4. The van der Waals surface area contributed by atoms with Gasteiger partial charge in [0.05, 0.1) is 11.9 Å². The normalized spacial score (nSPS) is 11.0. The number of imidazole rings is 1. The first-order chi connectivity index (χ1) is 9.22. The molecule has 1 aromatic carbocycles. The molecule has 5 heteroatoms. The van der Waals surface area contributed by atoms with Crippen LogP contribution >= 0.6 is 0 Å². The van der Waals surface area contributed by atoms with Gasteiger partial charge in [-0.3, -0.25) is 0 Å². The molecule has 0 amide bonds. The van der Waals surface area contributed by atoms with Gasteiger partial charge in [-0.25, -0.2) is 9.97 Å². The van der Waals surface area contributed by atoms with E-state index in [0.29, 0.717) is 12.8 Å². The lowest BCUT2D eigenvalue weighted by atomic mass is 10.1. The molecule has 0 aliphatic rings. The molecule has 1 N–H and O–H groups in total. The molecule has 2 aromatic heterocycles. The van der Waals surface area contributed by atoms with E-state index in [9.17, 15) is 4.79 Å². The lowest BCUT2D eigenvalue weighted by Crippen LogP contribution is -1.95. The van der Waals surface area contributed by atoms with Crippen LogP contribution in [0.3, 0.4) is 0 Å². The number of benzene rings is 1. The summed E-state index contributed by atoms with van der Waals surface area (Å²) in [6.07, 6.45) is 4.35. The van der Waals surface area contributed by atoms with E-state index < -0.39 is 0 Å². The summed E-state index contributed by atoms with van der Waals surface area (Å²) in [5.41, 5.74) is 3.49. The molecular formula is C14H13N3O2. The third kappa shape index (κ3) is 2.40. The SMILES string of the molecule is CC(=O)CCc1ncc(-c2ccc3ncoc3c2)[nH]1. The highest BCUT2D eigenvalue weighted by Gasteiger charge is 2.06. The number of nitrogens with zero attached hydrogens (tertiary/aromatic N) is 2. The first-order valence-corrected chi connectivity index (χ1v) is 6.09. The number of H-pyrrole nitrogens is 1. The molecular weight excluding hydrogens is 242 g/mol.